The Balaban J connectivity index is -0.0000000509. The molecule has 0 aliphatic heterocycles. The van der Waals surface area contributed by atoms with Crippen molar-refractivity contribution in [3.05, 3.63) is 62.3 Å². The second-order valence-corrected chi connectivity index (χ2v) is 17.7. The van der Waals surface area contributed by atoms with Crippen molar-refractivity contribution in [2.45, 2.75) is 199 Å². The van der Waals surface area contributed by atoms with Crippen molar-refractivity contribution in [1.82, 2.24) is 0 Å². The van der Waals surface area contributed by atoms with Gasteiger partial charge in [-0.1, -0.05) is 26.1 Å². The van der Waals surface area contributed by atoms with Gasteiger partial charge in [0.2, 0.25) is 6.10 Å². The maximum Gasteiger partial charge on any atom is 0.527 e. The number of Topliss-reactive ketones (excluding diaryl/α,β-unsaturated/α-hetero) is 2. The van der Waals surface area contributed by atoms with Crippen LogP contribution in [0.5, 0.6) is 0 Å². The molecule has 0 saturated heterocycles. The van der Waals surface area contributed by atoms with E-state index in [-0.39, 0.29) is 308 Å². The Morgan fingerprint density at radius 1 is 0.325 bits per heavy atom. The zero-order valence-corrected chi connectivity index (χ0v) is 87.3. The fourth-order valence-corrected chi connectivity index (χ4v) is 3.54. The average molecular weight is 2700 g/mol. The number of hydrogen-bond acceptors (Lipinski definition) is 9. The number of halogens is 58. The molecule has 0 heterocycles. The molecule has 0 aromatic heterocycles. The first-order valence-corrected chi connectivity index (χ1v) is 26.8. The summed E-state index contributed by atoms with van der Waals surface area (Å²) in [5, 5.41) is 0. The van der Waals surface area contributed by atoms with Gasteiger partial charge in [0.15, 0.2) is 18.4 Å². The van der Waals surface area contributed by atoms with Crippen LogP contribution in [0.25, 0.3) is 0 Å². The van der Waals surface area contributed by atoms with Crippen LogP contribution in [0.3, 0.4) is 0 Å². The maximum absolute atomic E-state index is 13.0. The van der Waals surface area contributed by atoms with Crippen molar-refractivity contribution in [2.24, 2.45) is 5.92 Å². The van der Waals surface area contributed by atoms with Crippen molar-refractivity contribution in [2.75, 3.05) is 40.5 Å². The van der Waals surface area contributed by atoms with Gasteiger partial charge in [-0.2, -0.15) is 213 Å². The summed E-state index contributed by atoms with van der Waals surface area (Å²) in [5.41, 5.74) is -5.19. The van der Waals surface area contributed by atoms with E-state index in [2.05, 4.69) is 90.7 Å². The molecule has 126 heavy (non-hydrogen) atoms. The third-order valence-electron chi connectivity index (χ3n) is 8.77. The molecular formula is C50H53F58O9Y9-9. The minimum absolute atomic E-state index is 0. The molecule has 1 atom stereocenters. The van der Waals surface area contributed by atoms with E-state index in [0.717, 1.165) is 0 Å². The molecule has 0 fully saturated rings. The molecule has 0 aliphatic carbocycles. The zero-order chi connectivity index (χ0) is 98.7. The van der Waals surface area contributed by atoms with E-state index in [1.165, 1.54) is 21.0 Å². The van der Waals surface area contributed by atoms with E-state index < -0.39 is 223 Å². The smallest absolute Gasteiger partial charge is 0.394 e. The topological polar surface area (TPSA) is 98.8 Å². The van der Waals surface area contributed by atoms with Crippen LogP contribution >= 0.6 is 0 Å². The summed E-state index contributed by atoms with van der Waals surface area (Å²) in [5.74, 6) is -29.5. The van der Waals surface area contributed by atoms with Crippen LogP contribution in [0.2, 0.25) is 0 Å². The van der Waals surface area contributed by atoms with E-state index >= 15 is 0 Å². The first kappa shape index (κ1) is 183. The number of rotatable bonds is 20. The predicted molar refractivity (Wildman–Crippen MR) is 271 cm³/mol. The fraction of sp³-hybridized carbons (Fsp3) is 0.780. The van der Waals surface area contributed by atoms with Gasteiger partial charge in [0.05, 0.1) is 13.3 Å². The van der Waals surface area contributed by atoms with Gasteiger partial charge in [-0.3, -0.25) is 23.1 Å². The number of alkyl halides is 57. The second-order valence-electron chi connectivity index (χ2n) is 17.7. The molecule has 749 valence electrons. The third kappa shape index (κ3) is 82.5. The Hall–Kier alpha value is 4.94. The largest absolute Gasteiger partial charge is 0.527 e. The number of ether oxygens (including phenoxy) is 6. The molecule has 76 heteroatoms. The Bertz CT molecular complexity index is 2440. The molecule has 0 bridgehead atoms. The SMILES string of the molecule is CCF.CCF.COCF.[CH2-]CC(=O)C(F)(F)C(F)(F)F.[CH2-]CC(=O)C(F)(OC(F)(F)C(F)(F)F)C(F)(F)F.[CH2-]CC(C(F)(F)F)C(F)(F)F.[CH2-]CC(F)(C(F)(F)F)C(F)(F)F.[CH2-]CC(F)(F)C(F)(F)OF.[CH2-]CC(F)(F)OC(F)(F)F.[CH2-]CC(F)(F)OC(F)(F)F.[CH2-]COC(C(F)(F)F)C(F)(F)F.[CH2-]COC(F)(C(F)(F)F)C(F)(F)F.[Y].[Y].[Y].[Y].[Y].[Y].[Y].[Y].[Y]. The summed E-state index contributed by atoms with van der Waals surface area (Å²) in [4.78, 5) is 22.2. The van der Waals surface area contributed by atoms with Crippen molar-refractivity contribution < 1.29 is 592 Å². The monoisotopic (exact) mass is 2700 g/mol. The van der Waals surface area contributed by atoms with Crippen LogP contribution in [0.15, 0.2) is 0 Å². The second kappa shape index (κ2) is 76.6. The summed E-state index contributed by atoms with van der Waals surface area (Å²) in [6.07, 6.45) is -108. The quantitative estimate of drug-likeness (QED) is 0.0872. The number of hydrogen-bond donors (Lipinski definition) is 0. The Kier molecular flexibility index (Phi) is 111. The van der Waals surface area contributed by atoms with Crippen LogP contribution in [0, 0.1) is 68.2 Å². The molecule has 1 unspecified atom stereocenters. The van der Waals surface area contributed by atoms with E-state index in [1.54, 1.807) is 4.94 Å². The van der Waals surface area contributed by atoms with Crippen LogP contribution in [0.1, 0.15) is 58.8 Å². The predicted octanol–water partition coefficient (Wildman–Crippen LogP) is 25.6. The van der Waals surface area contributed by atoms with Crippen LogP contribution in [-0.4, -0.2) is 193 Å². The maximum atomic E-state index is 13.0. The van der Waals surface area contributed by atoms with Crippen LogP contribution in [0.4, 0.5) is 255 Å². The Labute approximate surface area is 900 Å². The molecule has 0 aromatic carbocycles. The van der Waals surface area contributed by atoms with Gasteiger partial charge < -0.3 is 76.5 Å². The Morgan fingerprint density at radius 2 is 0.587 bits per heavy atom. The zero-order valence-electron chi connectivity index (χ0n) is 61.8. The van der Waals surface area contributed by atoms with Gasteiger partial charge in [0.1, 0.15) is 5.92 Å². The number of methoxy groups -OCH3 is 1. The van der Waals surface area contributed by atoms with E-state index in [4.69, 9.17) is 0 Å². The molecule has 0 amide bonds. The summed E-state index contributed by atoms with van der Waals surface area (Å²) in [6, 6.07) is 0. The van der Waals surface area contributed by atoms with Gasteiger partial charge in [0.25, 0.3) is 5.67 Å². The summed E-state index contributed by atoms with van der Waals surface area (Å²) in [6.45, 7) is 22.4. The minimum Gasteiger partial charge on any atom is -0.394 e. The number of ketones is 2. The third-order valence-corrected chi connectivity index (χ3v) is 8.77. The van der Waals surface area contributed by atoms with Crippen LogP contribution < -0.4 is 0 Å². The standard InChI is InChI=1S/C7H4F9O2.C5H4F7O.C5H4F7.C5H5F6O.C5H5F6.C5H4F5O.3C4H4F5O.C2H5FO.2C2H5F.9Y/c1-2-3(17)4(8,5(9,10)11)18-7(15,16)6(12,13)14;1-2-13-3(6,4(7,8)9)5(10,11)12;1-2-3(6,4(7,8)9)5(10,11)12;1-2-12-3(4(6,7)8)5(9,10)11;1-2-3(4(6,7)8)5(9,10)11;1-2-3(11)4(6,7)5(8,9)10;2*1-2-3(5,6)10-4(7,8)9;1-2-3(5,6)4(7,8)10-9;1-4-2-3;2*1-2-3;;;;;;;;;/h1-2H2;1-2H2;1-2H2;3H,1-2H2;3H,1-2H2;1-2H2;3*1-2H2;2H2,1H3;2*2H2,1H3;;;;;;;;;/q9*-1;;;;;;;;;;;;. The summed E-state index contributed by atoms with van der Waals surface area (Å²) >= 11 is 0. The average Bonchev–Trinajstić information content (AvgIpc) is 0.774. The molecule has 0 spiro atoms. The van der Waals surface area contributed by atoms with Gasteiger partial charge >= 0.3 is 129 Å². The molecule has 9 nitrogen and oxygen atoms in total. The Morgan fingerprint density at radius 3 is 0.659 bits per heavy atom. The van der Waals surface area contributed by atoms with E-state index in [1.807, 2.05) is 0 Å². The first-order valence-electron chi connectivity index (χ1n) is 26.8. The molecule has 0 rings (SSSR count). The van der Waals surface area contributed by atoms with Gasteiger partial charge in [-0.15, -0.1) is 57.0 Å². The van der Waals surface area contributed by atoms with Gasteiger partial charge in [-0.05, 0) is 18.4 Å². The number of carbonyl (C=O) groups excluding carboxylic acids is 2. The fourth-order valence-electron chi connectivity index (χ4n) is 3.54. The van der Waals surface area contributed by atoms with Crippen LogP contribution in [-0.2, 0) is 337 Å². The van der Waals surface area contributed by atoms with Gasteiger partial charge in [-0.25, -0.2) is 18.3 Å². The van der Waals surface area contributed by atoms with Crippen molar-refractivity contribution in [3.63, 3.8) is 0 Å². The molecular weight excluding hydrogens is 2650 g/mol. The van der Waals surface area contributed by atoms with Crippen molar-refractivity contribution in [1.29, 1.82) is 0 Å². The summed E-state index contributed by atoms with van der Waals surface area (Å²) < 4.78 is 684. The number of carbonyl (C=O) groups is 2. The molecule has 0 aromatic rings. The van der Waals surface area contributed by atoms with E-state index in [9.17, 15) is 264 Å². The molecule has 0 saturated carbocycles. The van der Waals surface area contributed by atoms with Crippen molar-refractivity contribution in [3.8, 4) is 0 Å². The molecule has 9 radical (unpaired) electrons. The molecule has 0 aliphatic rings. The first-order chi connectivity index (χ1) is 50.6. The van der Waals surface area contributed by atoms with Gasteiger partial charge in [0, 0.05) is 301 Å². The minimum atomic E-state index is -6.61. The van der Waals surface area contributed by atoms with E-state index in [0.29, 0.717) is 0 Å². The summed E-state index contributed by atoms with van der Waals surface area (Å²) in [7, 11) is 1.31. The normalized spacial score (nSPS) is 13.0. The van der Waals surface area contributed by atoms with Crippen molar-refractivity contribution >= 4 is 11.6 Å². The molecule has 0 N–H and O–H groups in total.